The van der Waals surface area contributed by atoms with Crippen molar-refractivity contribution in [1.82, 2.24) is 15.2 Å². The van der Waals surface area contributed by atoms with Crippen LogP contribution in [0, 0.1) is 5.41 Å². The summed E-state index contributed by atoms with van der Waals surface area (Å²) in [6.07, 6.45) is 3.01. The highest BCUT2D eigenvalue weighted by Gasteiger charge is 2.35. The van der Waals surface area contributed by atoms with Gasteiger partial charge >= 0.3 is 0 Å². The van der Waals surface area contributed by atoms with Crippen molar-refractivity contribution < 1.29 is 4.74 Å². The van der Waals surface area contributed by atoms with Crippen molar-refractivity contribution in [2.75, 3.05) is 39.9 Å². The quantitative estimate of drug-likeness (QED) is 0.809. The molecule has 1 N–H and O–H groups in total. The molecule has 1 aliphatic heterocycles. The van der Waals surface area contributed by atoms with Gasteiger partial charge in [-0.25, -0.2) is 0 Å². The third-order valence-corrected chi connectivity index (χ3v) is 3.85. The van der Waals surface area contributed by atoms with Crippen LogP contribution < -0.4 is 5.32 Å². The Kier molecular flexibility index (Phi) is 5.31. The van der Waals surface area contributed by atoms with Gasteiger partial charge in [0.15, 0.2) is 0 Å². The predicted molar refractivity (Wildman–Crippen MR) is 77.0 cm³/mol. The average Bonchev–Trinajstić information content (AvgIpc) is 2.88. The maximum absolute atomic E-state index is 5.63. The Hall–Kier alpha value is -0.970. The van der Waals surface area contributed by atoms with Crippen LogP contribution in [0.15, 0.2) is 24.4 Å². The van der Waals surface area contributed by atoms with E-state index in [1.54, 1.807) is 0 Å². The summed E-state index contributed by atoms with van der Waals surface area (Å²) in [6.45, 7) is 8.03. The standard InChI is InChI=1S/C15H25N3O/c1-3-18(10-14-6-4-5-8-17-14)12-15(11-16-2)7-9-19-13-15/h4-6,8,16H,3,7,9-13H2,1-2H3. The lowest BCUT2D eigenvalue weighted by molar-refractivity contribution is 0.108. The Morgan fingerprint density at radius 2 is 2.37 bits per heavy atom. The van der Waals surface area contributed by atoms with Crippen LogP contribution in [-0.4, -0.2) is 49.8 Å². The lowest BCUT2D eigenvalue weighted by Gasteiger charge is -2.33. The largest absolute Gasteiger partial charge is 0.381 e. The first kappa shape index (κ1) is 14.4. The molecule has 0 saturated carbocycles. The summed E-state index contributed by atoms with van der Waals surface area (Å²) >= 11 is 0. The Bertz CT molecular complexity index is 363. The second-order valence-electron chi connectivity index (χ2n) is 5.46. The first-order valence-electron chi connectivity index (χ1n) is 7.12. The molecule has 0 aliphatic carbocycles. The molecule has 1 aromatic rings. The molecule has 0 bridgehead atoms. The van der Waals surface area contributed by atoms with Gasteiger partial charge in [-0.2, -0.15) is 0 Å². The minimum atomic E-state index is 0.263. The lowest BCUT2D eigenvalue weighted by Crippen LogP contribution is -2.43. The number of pyridine rings is 1. The fourth-order valence-corrected chi connectivity index (χ4v) is 2.82. The summed E-state index contributed by atoms with van der Waals surface area (Å²) < 4.78 is 5.63. The van der Waals surface area contributed by atoms with E-state index in [0.717, 1.165) is 51.5 Å². The van der Waals surface area contributed by atoms with E-state index >= 15 is 0 Å². The van der Waals surface area contributed by atoms with Crippen molar-refractivity contribution in [3.05, 3.63) is 30.1 Å². The second-order valence-corrected chi connectivity index (χ2v) is 5.46. The summed E-state index contributed by atoms with van der Waals surface area (Å²) in [6, 6.07) is 6.11. The van der Waals surface area contributed by atoms with Crippen LogP contribution in [0.4, 0.5) is 0 Å². The molecule has 0 spiro atoms. The molecule has 0 radical (unpaired) electrons. The number of nitrogens with zero attached hydrogens (tertiary/aromatic N) is 2. The van der Waals surface area contributed by atoms with Gasteiger partial charge in [-0.15, -0.1) is 0 Å². The molecule has 1 fully saturated rings. The average molecular weight is 263 g/mol. The summed E-state index contributed by atoms with van der Waals surface area (Å²) in [5.41, 5.74) is 1.40. The third-order valence-electron chi connectivity index (χ3n) is 3.85. The zero-order valence-electron chi connectivity index (χ0n) is 12.1. The Labute approximate surface area is 116 Å². The van der Waals surface area contributed by atoms with E-state index in [-0.39, 0.29) is 5.41 Å². The molecule has 1 saturated heterocycles. The molecule has 19 heavy (non-hydrogen) atoms. The maximum Gasteiger partial charge on any atom is 0.0547 e. The highest BCUT2D eigenvalue weighted by Crippen LogP contribution is 2.29. The zero-order valence-corrected chi connectivity index (χ0v) is 12.1. The van der Waals surface area contributed by atoms with Gasteiger partial charge < -0.3 is 10.1 Å². The van der Waals surface area contributed by atoms with E-state index in [9.17, 15) is 0 Å². The van der Waals surface area contributed by atoms with Crippen molar-refractivity contribution in [2.45, 2.75) is 19.9 Å². The van der Waals surface area contributed by atoms with Crippen molar-refractivity contribution in [3.63, 3.8) is 0 Å². The number of ether oxygens (including phenoxy) is 1. The van der Waals surface area contributed by atoms with Gasteiger partial charge in [0.25, 0.3) is 0 Å². The third kappa shape index (κ3) is 4.00. The van der Waals surface area contributed by atoms with Crippen LogP contribution in [0.3, 0.4) is 0 Å². The molecule has 2 rings (SSSR count). The topological polar surface area (TPSA) is 37.4 Å². The Morgan fingerprint density at radius 3 is 2.95 bits per heavy atom. The summed E-state index contributed by atoms with van der Waals surface area (Å²) in [5.74, 6) is 0. The highest BCUT2D eigenvalue weighted by molar-refractivity contribution is 5.03. The van der Waals surface area contributed by atoms with Gasteiger partial charge in [0.2, 0.25) is 0 Å². The molecular weight excluding hydrogens is 238 g/mol. The van der Waals surface area contributed by atoms with Gasteiger partial charge in [-0.1, -0.05) is 13.0 Å². The molecule has 1 unspecified atom stereocenters. The van der Waals surface area contributed by atoms with Crippen LogP contribution in [0.1, 0.15) is 19.0 Å². The fourth-order valence-electron chi connectivity index (χ4n) is 2.82. The summed E-state index contributed by atoms with van der Waals surface area (Å²) in [4.78, 5) is 6.89. The molecule has 1 atom stereocenters. The van der Waals surface area contributed by atoms with Gasteiger partial charge in [0.05, 0.1) is 12.3 Å². The molecule has 0 aromatic carbocycles. The van der Waals surface area contributed by atoms with E-state index in [1.807, 2.05) is 19.3 Å². The molecule has 106 valence electrons. The normalized spacial score (nSPS) is 23.1. The zero-order chi connectivity index (χ0) is 13.6. The van der Waals surface area contributed by atoms with Crippen molar-refractivity contribution >= 4 is 0 Å². The Balaban J connectivity index is 1.97. The van der Waals surface area contributed by atoms with Crippen molar-refractivity contribution in [2.24, 2.45) is 5.41 Å². The van der Waals surface area contributed by atoms with E-state index in [2.05, 4.69) is 34.3 Å². The van der Waals surface area contributed by atoms with E-state index in [4.69, 9.17) is 4.74 Å². The Morgan fingerprint density at radius 1 is 1.47 bits per heavy atom. The van der Waals surface area contributed by atoms with Crippen LogP contribution in [0.2, 0.25) is 0 Å². The molecular formula is C15H25N3O. The fraction of sp³-hybridized carbons (Fsp3) is 0.667. The molecule has 2 heterocycles. The van der Waals surface area contributed by atoms with Crippen molar-refractivity contribution in [1.29, 1.82) is 0 Å². The monoisotopic (exact) mass is 263 g/mol. The molecule has 4 heteroatoms. The van der Waals surface area contributed by atoms with Crippen LogP contribution in [-0.2, 0) is 11.3 Å². The number of aromatic nitrogens is 1. The number of rotatable bonds is 7. The number of hydrogen-bond donors (Lipinski definition) is 1. The minimum absolute atomic E-state index is 0.263. The van der Waals surface area contributed by atoms with Gasteiger partial charge in [0, 0.05) is 37.9 Å². The van der Waals surface area contributed by atoms with Gasteiger partial charge in [-0.3, -0.25) is 9.88 Å². The van der Waals surface area contributed by atoms with Crippen molar-refractivity contribution in [3.8, 4) is 0 Å². The smallest absolute Gasteiger partial charge is 0.0547 e. The van der Waals surface area contributed by atoms with E-state index < -0.39 is 0 Å². The SMILES string of the molecule is CCN(Cc1ccccn1)CC1(CNC)CCOC1. The minimum Gasteiger partial charge on any atom is -0.381 e. The van der Waals surface area contributed by atoms with Gasteiger partial charge in [0.1, 0.15) is 0 Å². The number of hydrogen-bond acceptors (Lipinski definition) is 4. The maximum atomic E-state index is 5.63. The van der Waals surface area contributed by atoms with Gasteiger partial charge in [-0.05, 0) is 32.1 Å². The summed E-state index contributed by atoms with van der Waals surface area (Å²) in [7, 11) is 2.02. The first-order chi connectivity index (χ1) is 9.28. The molecule has 0 amide bonds. The second kappa shape index (κ2) is 6.98. The predicted octanol–water partition coefficient (Wildman–Crippen LogP) is 1.53. The highest BCUT2D eigenvalue weighted by atomic mass is 16.5. The van der Waals surface area contributed by atoms with Crippen LogP contribution >= 0.6 is 0 Å². The summed E-state index contributed by atoms with van der Waals surface area (Å²) in [5, 5.41) is 3.32. The lowest BCUT2D eigenvalue weighted by atomic mass is 9.86. The molecule has 1 aliphatic rings. The first-order valence-corrected chi connectivity index (χ1v) is 7.12. The van der Waals surface area contributed by atoms with Crippen LogP contribution in [0.25, 0.3) is 0 Å². The van der Waals surface area contributed by atoms with E-state index in [1.165, 1.54) is 0 Å². The molecule has 1 aromatic heterocycles. The van der Waals surface area contributed by atoms with Crippen LogP contribution in [0.5, 0.6) is 0 Å². The van der Waals surface area contributed by atoms with E-state index in [0.29, 0.717) is 0 Å². The number of nitrogens with one attached hydrogen (secondary N) is 1. The molecule has 4 nitrogen and oxygen atoms in total.